The highest BCUT2D eigenvalue weighted by molar-refractivity contribution is 5.28. The Morgan fingerprint density at radius 1 is 1.38 bits per heavy atom. The SMILES string of the molecule is C=CC1=C(C=C)OCC(C(C)C)C1. The van der Waals surface area contributed by atoms with E-state index in [2.05, 4.69) is 27.0 Å². The second kappa shape index (κ2) is 4.31. The number of hydrogen-bond acceptors (Lipinski definition) is 1. The van der Waals surface area contributed by atoms with Gasteiger partial charge in [0.1, 0.15) is 5.76 Å². The average Bonchev–Trinajstić information content (AvgIpc) is 2.16. The van der Waals surface area contributed by atoms with Crippen molar-refractivity contribution < 1.29 is 4.74 Å². The fraction of sp³-hybridized carbons (Fsp3) is 0.500. The highest BCUT2D eigenvalue weighted by atomic mass is 16.5. The molecule has 0 spiro atoms. The lowest BCUT2D eigenvalue weighted by Crippen LogP contribution is -2.21. The highest BCUT2D eigenvalue weighted by Gasteiger charge is 2.21. The normalized spacial score (nSPS) is 22.8. The maximum absolute atomic E-state index is 5.59. The van der Waals surface area contributed by atoms with E-state index in [1.807, 2.05) is 6.08 Å². The molecule has 13 heavy (non-hydrogen) atoms. The van der Waals surface area contributed by atoms with Crippen LogP contribution in [0.25, 0.3) is 0 Å². The molecule has 0 N–H and O–H groups in total. The van der Waals surface area contributed by atoms with Crippen LogP contribution < -0.4 is 0 Å². The summed E-state index contributed by atoms with van der Waals surface area (Å²) in [6.45, 7) is 12.8. The van der Waals surface area contributed by atoms with Crippen molar-refractivity contribution >= 4 is 0 Å². The van der Waals surface area contributed by atoms with Gasteiger partial charge in [-0.15, -0.1) is 0 Å². The maximum atomic E-state index is 5.59. The van der Waals surface area contributed by atoms with E-state index in [4.69, 9.17) is 4.74 Å². The van der Waals surface area contributed by atoms with Crippen LogP contribution in [-0.2, 0) is 4.74 Å². The van der Waals surface area contributed by atoms with Gasteiger partial charge in [0, 0.05) is 0 Å². The highest BCUT2D eigenvalue weighted by Crippen LogP contribution is 2.29. The predicted molar refractivity (Wildman–Crippen MR) is 56.3 cm³/mol. The Hall–Kier alpha value is -0.980. The lowest BCUT2D eigenvalue weighted by Gasteiger charge is -2.27. The summed E-state index contributed by atoms with van der Waals surface area (Å²) in [7, 11) is 0. The Labute approximate surface area is 80.8 Å². The van der Waals surface area contributed by atoms with Gasteiger partial charge in [-0.1, -0.05) is 33.1 Å². The van der Waals surface area contributed by atoms with Gasteiger partial charge in [-0.05, 0) is 29.9 Å². The zero-order chi connectivity index (χ0) is 9.84. The zero-order valence-electron chi connectivity index (χ0n) is 8.55. The van der Waals surface area contributed by atoms with E-state index in [0.29, 0.717) is 11.8 Å². The summed E-state index contributed by atoms with van der Waals surface area (Å²) >= 11 is 0. The minimum absolute atomic E-state index is 0.622. The summed E-state index contributed by atoms with van der Waals surface area (Å²) in [6, 6.07) is 0. The smallest absolute Gasteiger partial charge is 0.121 e. The molecule has 1 heterocycles. The number of ether oxygens (including phenoxy) is 1. The van der Waals surface area contributed by atoms with Crippen LogP contribution >= 0.6 is 0 Å². The molecule has 1 atom stereocenters. The van der Waals surface area contributed by atoms with Gasteiger partial charge in [0.2, 0.25) is 0 Å². The molecule has 0 saturated carbocycles. The van der Waals surface area contributed by atoms with E-state index >= 15 is 0 Å². The van der Waals surface area contributed by atoms with E-state index in [-0.39, 0.29) is 0 Å². The molecule has 0 aromatic heterocycles. The summed E-state index contributed by atoms with van der Waals surface area (Å²) in [4.78, 5) is 0. The molecule has 0 fully saturated rings. The third-order valence-corrected chi connectivity index (χ3v) is 2.63. The first-order chi connectivity index (χ1) is 6.19. The Bertz CT molecular complexity index is 236. The van der Waals surface area contributed by atoms with Crippen molar-refractivity contribution in [3.63, 3.8) is 0 Å². The molecule has 0 aliphatic carbocycles. The molecule has 1 aliphatic rings. The first kappa shape index (κ1) is 10.1. The second-order valence-electron chi connectivity index (χ2n) is 3.82. The van der Waals surface area contributed by atoms with E-state index in [1.165, 1.54) is 5.57 Å². The van der Waals surface area contributed by atoms with Gasteiger partial charge in [-0.25, -0.2) is 0 Å². The van der Waals surface area contributed by atoms with E-state index < -0.39 is 0 Å². The largest absolute Gasteiger partial charge is 0.493 e. The minimum Gasteiger partial charge on any atom is -0.493 e. The molecular formula is C12H18O. The molecule has 72 valence electrons. The van der Waals surface area contributed by atoms with E-state index in [1.54, 1.807) is 6.08 Å². The van der Waals surface area contributed by atoms with Crippen LogP contribution in [0.5, 0.6) is 0 Å². The molecule has 1 unspecified atom stereocenters. The van der Waals surface area contributed by atoms with Crippen molar-refractivity contribution in [1.82, 2.24) is 0 Å². The van der Waals surface area contributed by atoms with Crippen molar-refractivity contribution in [2.24, 2.45) is 11.8 Å². The van der Waals surface area contributed by atoms with Crippen LogP contribution in [0.15, 0.2) is 36.6 Å². The van der Waals surface area contributed by atoms with Crippen LogP contribution in [-0.4, -0.2) is 6.61 Å². The molecule has 0 saturated heterocycles. The minimum atomic E-state index is 0.622. The molecule has 0 bridgehead atoms. The lowest BCUT2D eigenvalue weighted by atomic mass is 9.88. The number of rotatable bonds is 3. The van der Waals surface area contributed by atoms with Gasteiger partial charge < -0.3 is 4.74 Å². The molecule has 1 nitrogen and oxygen atoms in total. The first-order valence-corrected chi connectivity index (χ1v) is 4.79. The van der Waals surface area contributed by atoms with Crippen LogP contribution in [0, 0.1) is 11.8 Å². The van der Waals surface area contributed by atoms with Crippen molar-refractivity contribution in [2.45, 2.75) is 20.3 Å². The summed E-state index contributed by atoms with van der Waals surface area (Å²) in [5, 5.41) is 0. The second-order valence-corrected chi connectivity index (χ2v) is 3.82. The Kier molecular flexibility index (Phi) is 3.35. The van der Waals surface area contributed by atoms with Gasteiger partial charge in [-0.3, -0.25) is 0 Å². The Balaban J connectivity index is 2.77. The summed E-state index contributed by atoms with van der Waals surface area (Å²) in [6.07, 6.45) is 4.72. The summed E-state index contributed by atoms with van der Waals surface area (Å²) in [5.74, 6) is 2.20. The van der Waals surface area contributed by atoms with Gasteiger partial charge in [-0.2, -0.15) is 0 Å². The monoisotopic (exact) mass is 178 g/mol. The fourth-order valence-corrected chi connectivity index (χ4v) is 1.53. The van der Waals surface area contributed by atoms with Gasteiger partial charge >= 0.3 is 0 Å². The zero-order valence-corrected chi connectivity index (χ0v) is 8.55. The number of allylic oxidation sites excluding steroid dienone is 3. The van der Waals surface area contributed by atoms with Crippen LogP contribution in [0.3, 0.4) is 0 Å². The van der Waals surface area contributed by atoms with Gasteiger partial charge in [0.15, 0.2) is 0 Å². The molecular weight excluding hydrogens is 160 g/mol. The standard InChI is InChI=1S/C12H18O/c1-5-10-7-11(9(3)4)8-13-12(10)6-2/h5-6,9,11H,1-2,7-8H2,3-4H3. The molecule has 0 amide bonds. The molecule has 0 aromatic rings. The van der Waals surface area contributed by atoms with Crippen molar-refractivity contribution in [2.75, 3.05) is 6.61 Å². The average molecular weight is 178 g/mol. The molecule has 1 heteroatoms. The summed E-state index contributed by atoms with van der Waals surface area (Å²) in [5.41, 5.74) is 1.19. The fourth-order valence-electron chi connectivity index (χ4n) is 1.53. The van der Waals surface area contributed by atoms with E-state index in [9.17, 15) is 0 Å². The summed E-state index contributed by atoms with van der Waals surface area (Å²) < 4.78 is 5.59. The maximum Gasteiger partial charge on any atom is 0.121 e. The van der Waals surface area contributed by atoms with E-state index in [0.717, 1.165) is 18.8 Å². The first-order valence-electron chi connectivity index (χ1n) is 4.79. The topological polar surface area (TPSA) is 9.23 Å². The Morgan fingerprint density at radius 2 is 2.08 bits per heavy atom. The van der Waals surface area contributed by atoms with Crippen molar-refractivity contribution in [3.8, 4) is 0 Å². The van der Waals surface area contributed by atoms with Gasteiger partial charge in [0.05, 0.1) is 6.61 Å². The molecule has 0 radical (unpaired) electrons. The van der Waals surface area contributed by atoms with Crippen LogP contribution in [0.1, 0.15) is 20.3 Å². The third-order valence-electron chi connectivity index (χ3n) is 2.63. The quantitative estimate of drug-likeness (QED) is 0.644. The lowest BCUT2D eigenvalue weighted by molar-refractivity contribution is 0.126. The molecule has 1 aliphatic heterocycles. The van der Waals surface area contributed by atoms with Crippen molar-refractivity contribution in [1.29, 1.82) is 0 Å². The van der Waals surface area contributed by atoms with Crippen LogP contribution in [0.2, 0.25) is 0 Å². The third kappa shape index (κ3) is 2.24. The predicted octanol–water partition coefficient (Wildman–Crippen LogP) is 3.31. The van der Waals surface area contributed by atoms with Crippen LogP contribution in [0.4, 0.5) is 0 Å². The van der Waals surface area contributed by atoms with Crippen molar-refractivity contribution in [3.05, 3.63) is 36.6 Å². The number of hydrogen-bond donors (Lipinski definition) is 0. The Morgan fingerprint density at radius 3 is 2.54 bits per heavy atom. The molecule has 0 aromatic carbocycles. The molecule has 1 rings (SSSR count). The van der Waals surface area contributed by atoms with Gasteiger partial charge in [0.25, 0.3) is 0 Å².